The second kappa shape index (κ2) is 8.48. The number of benzene rings is 4. The van der Waals surface area contributed by atoms with Crippen LogP contribution in [-0.2, 0) is 5.41 Å². The second-order valence-electron chi connectivity index (χ2n) is 9.00. The van der Waals surface area contributed by atoms with E-state index in [0.717, 1.165) is 21.1 Å². The van der Waals surface area contributed by atoms with Crippen LogP contribution in [-0.4, -0.2) is 13.5 Å². The standard InChI is InChI=1S/C29H28OSi/c1-29(2,3)24-21-19-23(20-22-24)28(30)31(25-13-7-4-8-14-25,26-15-9-5-10-16-26)27-17-11-6-12-18-27/h4-22H,1-3H3. The fourth-order valence-electron chi connectivity index (χ4n) is 4.30. The second-order valence-corrected chi connectivity index (χ2v) is 12.7. The summed E-state index contributed by atoms with van der Waals surface area (Å²) in [7, 11) is -2.97. The van der Waals surface area contributed by atoms with Gasteiger partial charge in [0.05, 0.1) is 0 Å². The molecular formula is C29H28OSi. The molecule has 0 aliphatic carbocycles. The maximum atomic E-state index is 14.5. The van der Waals surface area contributed by atoms with Crippen LogP contribution < -0.4 is 15.6 Å². The summed E-state index contributed by atoms with van der Waals surface area (Å²) < 4.78 is 0. The van der Waals surface area contributed by atoms with E-state index in [9.17, 15) is 4.79 Å². The monoisotopic (exact) mass is 420 g/mol. The minimum Gasteiger partial charge on any atom is -0.299 e. The van der Waals surface area contributed by atoms with Crippen molar-refractivity contribution in [1.29, 1.82) is 0 Å². The molecule has 0 aliphatic rings. The molecule has 31 heavy (non-hydrogen) atoms. The van der Waals surface area contributed by atoms with Crippen LogP contribution in [0.4, 0.5) is 0 Å². The molecule has 4 aromatic carbocycles. The fraction of sp³-hybridized carbons (Fsp3) is 0.138. The van der Waals surface area contributed by atoms with E-state index in [1.165, 1.54) is 5.56 Å². The third kappa shape index (κ3) is 3.91. The van der Waals surface area contributed by atoms with Crippen LogP contribution in [0.3, 0.4) is 0 Å². The number of carbonyl (C=O) groups excluding carboxylic acids is 1. The number of carbonyl (C=O) groups is 1. The van der Waals surface area contributed by atoms with E-state index in [-0.39, 0.29) is 10.8 Å². The Bertz CT molecular complexity index is 1050. The van der Waals surface area contributed by atoms with Gasteiger partial charge in [-0.3, -0.25) is 4.79 Å². The summed E-state index contributed by atoms with van der Waals surface area (Å²) in [5.41, 5.74) is 2.06. The Morgan fingerprint density at radius 1 is 0.548 bits per heavy atom. The Morgan fingerprint density at radius 2 is 0.903 bits per heavy atom. The lowest BCUT2D eigenvalue weighted by Crippen LogP contribution is -2.72. The van der Waals surface area contributed by atoms with Crippen LogP contribution in [0.2, 0.25) is 0 Å². The summed E-state index contributed by atoms with van der Waals surface area (Å²) in [5, 5.41) is 3.54. The molecule has 0 heterocycles. The lowest BCUT2D eigenvalue weighted by molar-refractivity contribution is 0.107. The molecule has 1 nitrogen and oxygen atoms in total. The van der Waals surface area contributed by atoms with Gasteiger partial charge in [0.1, 0.15) is 0 Å². The lowest BCUT2D eigenvalue weighted by Gasteiger charge is -2.32. The Hall–Kier alpha value is -3.23. The van der Waals surface area contributed by atoms with E-state index < -0.39 is 8.07 Å². The summed E-state index contributed by atoms with van der Waals surface area (Å²) >= 11 is 0. The zero-order valence-electron chi connectivity index (χ0n) is 18.4. The molecule has 154 valence electrons. The molecule has 0 amide bonds. The Balaban J connectivity index is 1.99. The van der Waals surface area contributed by atoms with Gasteiger partial charge < -0.3 is 0 Å². The normalized spacial score (nSPS) is 11.8. The molecule has 0 bridgehead atoms. The first-order chi connectivity index (χ1) is 14.9. The van der Waals surface area contributed by atoms with Gasteiger partial charge in [0.25, 0.3) is 0 Å². The molecule has 2 heteroatoms. The highest BCUT2D eigenvalue weighted by Crippen LogP contribution is 2.23. The van der Waals surface area contributed by atoms with Crippen LogP contribution in [0.25, 0.3) is 0 Å². The first kappa shape index (κ1) is 21.0. The Labute approximate surface area is 186 Å². The lowest BCUT2D eigenvalue weighted by atomic mass is 9.87. The minimum absolute atomic E-state index is 0.0500. The molecule has 0 fully saturated rings. The largest absolute Gasteiger partial charge is 0.299 e. The highest BCUT2D eigenvalue weighted by atomic mass is 28.3. The van der Waals surface area contributed by atoms with Crippen LogP contribution in [0.15, 0.2) is 115 Å². The average molecular weight is 421 g/mol. The van der Waals surface area contributed by atoms with Gasteiger partial charge in [-0.15, -0.1) is 0 Å². The van der Waals surface area contributed by atoms with Gasteiger partial charge in [-0.05, 0) is 26.5 Å². The van der Waals surface area contributed by atoms with E-state index in [2.05, 4.69) is 69.3 Å². The van der Waals surface area contributed by atoms with Gasteiger partial charge in [0, 0.05) is 5.56 Å². The van der Waals surface area contributed by atoms with E-state index in [1.807, 2.05) is 66.7 Å². The molecule has 0 N–H and O–H groups in total. The minimum atomic E-state index is -2.97. The van der Waals surface area contributed by atoms with Gasteiger partial charge in [0.2, 0.25) is 8.07 Å². The molecule has 4 rings (SSSR count). The summed E-state index contributed by atoms with van der Waals surface area (Å²) in [6.45, 7) is 6.59. The van der Waals surface area contributed by atoms with Gasteiger partial charge in [-0.1, -0.05) is 136 Å². The summed E-state index contributed by atoms with van der Waals surface area (Å²) in [4.78, 5) is 14.5. The van der Waals surface area contributed by atoms with Crippen LogP contribution in [0, 0.1) is 0 Å². The first-order valence-electron chi connectivity index (χ1n) is 10.8. The maximum Gasteiger partial charge on any atom is 0.230 e. The van der Waals surface area contributed by atoms with Crippen molar-refractivity contribution in [1.82, 2.24) is 0 Å². The molecular weight excluding hydrogens is 392 g/mol. The molecule has 0 aromatic heterocycles. The smallest absolute Gasteiger partial charge is 0.230 e. The Morgan fingerprint density at radius 3 is 1.23 bits per heavy atom. The maximum absolute atomic E-state index is 14.5. The fourth-order valence-corrected chi connectivity index (χ4v) is 8.76. The topological polar surface area (TPSA) is 17.1 Å². The van der Waals surface area contributed by atoms with Crippen molar-refractivity contribution < 1.29 is 4.79 Å². The molecule has 0 saturated carbocycles. The van der Waals surface area contributed by atoms with Gasteiger partial charge in [-0.2, -0.15) is 0 Å². The molecule has 0 atom stereocenters. The third-order valence-electron chi connectivity index (χ3n) is 5.97. The zero-order chi connectivity index (χ0) is 21.9. The summed E-state index contributed by atoms with van der Waals surface area (Å²) in [6.07, 6.45) is 0. The molecule has 4 aromatic rings. The van der Waals surface area contributed by atoms with Crippen molar-refractivity contribution >= 4 is 29.0 Å². The molecule has 0 spiro atoms. The predicted octanol–water partition coefficient (Wildman–Crippen LogP) is 4.88. The van der Waals surface area contributed by atoms with E-state index in [4.69, 9.17) is 0 Å². The van der Waals surface area contributed by atoms with Crippen molar-refractivity contribution in [2.75, 3.05) is 0 Å². The van der Waals surface area contributed by atoms with Crippen LogP contribution >= 0.6 is 0 Å². The van der Waals surface area contributed by atoms with Crippen molar-refractivity contribution in [2.24, 2.45) is 0 Å². The number of hydrogen-bond acceptors (Lipinski definition) is 1. The highest BCUT2D eigenvalue weighted by molar-refractivity contribution is 7.31. The van der Waals surface area contributed by atoms with Gasteiger partial charge in [-0.25, -0.2) is 0 Å². The SMILES string of the molecule is CC(C)(C)c1ccc(C(=O)[Si](c2ccccc2)(c2ccccc2)c2ccccc2)cc1. The zero-order valence-corrected chi connectivity index (χ0v) is 19.4. The van der Waals surface area contributed by atoms with E-state index >= 15 is 0 Å². The third-order valence-corrected chi connectivity index (χ3v) is 10.5. The molecule has 0 aliphatic heterocycles. The van der Waals surface area contributed by atoms with Crippen molar-refractivity contribution in [3.05, 3.63) is 126 Å². The van der Waals surface area contributed by atoms with Gasteiger partial charge >= 0.3 is 0 Å². The van der Waals surface area contributed by atoms with Crippen molar-refractivity contribution in [3.63, 3.8) is 0 Å². The van der Waals surface area contributed by atoms with E-state index in [1.54, 1.807) is 0 Å². The van der Waals surface area contributed by atoms with Gasteiger partial charge in [0.15, 0.2) is 5.41 Å². The average Bonchev–Trinajstić information content (AvgIpc) is 2.81. The van der Waals surface area contributed by atoms with E-state index in [0.29, 0.717) is 0 Å². The molecule has 0 saturated heterocycles. The molecule has 0 unspecified atom stereocenters. The summed E-state index contributed by atoms with van der Waals surface area (Å²) in [5.74, 6) is 0. The van der Waals surface area contributed by atoms with Crippen molar-refractivity contribution in [2.45, 2.75) is 26.2 Å². The molecule has 0 radical (unpaired) electrons. The van der Waals surface area contributed by atoms with Crippen molar-refractivity contribution in [3.8, 4) is 0 Å². The number of hydrogen-bond donors (Lipinski definition) is 0. The highest BCUT2D eigenvalue weighted by Gasteiger charge is 2.47. The quantitative estimate of drug-likeness (QED) is 0.332. The predicted molar refractivity (Wildman–Crippen MR) is 133 cm³/mol. The van der Waals surface area contributed by atoms with Crippen LogP contribution in [0.5, 0.6) is 0 Å². The number of rotatable bonds is 5. The van der Waals surface area contributed by atoms with Crippen LogP contribution in [0.1, 0.15) is 36.7 Å². The first-order valence-corrected chi connectivity index (χ1v) is 12.8. The summed E-state index contributed by atoms with van der Waals surface area (Å²) in [6, 6.07) is 39.2. The Kier molecular flexibility index (Phi) is 5.75.